The van der Waals surface area contributed by atoms with Gasteiger partial charge in [-0.1, -0.05) is 30.3 Å². The average Bonchev–Trinajstić information content (AvgIpc) is 3.37. The van der Waals surface area contributed by atoms with E-state index < -0.39 is 0 Å². The van der Waals surface area contributed by atoms with Gasteiger partial charge in [-0.2, -0.15) is 5.10 Å². The molecule has 0 unspecified atom stereocenters. The van der Waals surface area contributed by atoms with Crippen molar-refractivity contribution in [3.8, 4) is 0 Å². The molecule has 0 bridgehead atoms. The quantitative estimate of drug-likeness (QED) is 0.631. The van der Waals surface area contributed by atoms with Gasteiger partial charge in [-0.05, 0) is 19.4 Å². The van der Waals surface area contributed by atoms with Gasteiger partial charge in [0, 0.05) is 55.6 Å². The van der Waals surface area contributed by atoms with Crippen LogP contribution in [0.1, 0.15) is 22.5 Å². The number of thiazole rings is 1. The van der Waals surface area contributed by atoms with Gasteiger partial charge in [0.05, 0.1) is 18.8 Å². The molecule has 3 aromatic rings. The number of aromatic nitrogens is 3. The van der Waals surface area contributed by atoms with Gasteiger partial charge in [0.1, 0.15) is 0 Å². The van der Waals surface area contributed by atoms with E-state index in [0.29, 0.717) is 13.1 Å². The van der Waals surface area contributed by atoms with Crippen molar-refractivity contribution in [1.82, 2.24) is 25.0 Å². The lowest BCUT2D eigenvalue weighted by Gasteiger charge is -2.34. The number of hydrogen-bond acceptors (Lipinski definition) is 6. The van der Waals surface area contributed by atoms with Gasteiger partial charge in [-0.25, -0.2) is 4.98 Å². The summed E-state index contributed by atoms with van der Waals surface area (Å²) in [4.78, 5) is 21.4. The van der Waals surface area contributed by atoms with Crippen LogP contribution in [0.5, 0.6) is 0 Å². The Hall–Kier alpha value is -2.71. The van der Waals surface area contributed by atoms with Crippen LogP contribution in [0.3, 0.4) is 0 Å². The molecule has 1 N–H and O–H groups in total. The lowest BCUT2D eigenvalue weighted by molar-refractivity contribution is -0.122. The first-order valence-electron chi connectivity index (χ1n) is 10.3. The molecule has 0 aliphatic carbocycles. The van der Waals surface area contributed by atoms with Crippen LogP contribution in [0, 0.1) is 13.8 Å². The minimum Gasteiger partial charge on any atom is -0.351 e. The number of carbonyl (C=O) groups excluding carboxylic acids is 1. The van der Waals surface area contributed by atoms with Gasteiger partial charge >= 0.3 is 0 Å². The third kappa shape index (κ3) is 4.88. The fourth-order valence-electron chi connectivity index (χ4n) is 3.82. The van der Waals surface area contributed by atoms with E-state index in [9.17, 15) is 4.79 Å². The predicted molar refractivity (Wildman–Crippen MR) is 120 cm³/mol. The fraction of sp³-hybridized carbons (Fsp3) is 0.409. The van der Waals surface area contributed by atoms with Crippen LogP contribution in [0.15, 0.2) is 41.9 Å². The number of nitrogens with one attached hydrogen (secondary N) is 1. The highest BCUT2D eigenvalue weighted by molar-refractivity contribution is 7.13. The number of anilines is 1. The van der Waals surface area contributed by atoms with Crippen molar-refractivity contribution >= 4 is 22.4 Å². The topological polar surface area (TPSA) is 66.3 Å². The highest BCUT2D eigenvalue weighted by Gasteiger charge is 2.21. The maximum Gasteiger partial charge on any atom is 0.234 e. The Labute approximate surface area is 181 Å². The number of piperazine rings is 1. The van der Waals surface area contributed by atoms with Crippen LogP contribution in [-0.2, 0) is 17.9 Å². The van der Waals surface area contributed by atoms with Crippen molar-refractivity contribution in [2.45, 2.75) is 26.9 Å². The average molecular weight is 425 g/mol. The summed E-state index contributed by atoms with van der Waals surface area (Å²) in [6, 6.07) is 10.3. The zero-order valence-corrected chi connectivity index (χ0v) is 18.4. The van der Waals surface area contributed by atoms with E-state index in [1.165, 1.54) is 5.56 Å². The second-order valence-electron chi connectivity index (χ2n) is 7.65. The summed E-state index contributed by atoms with van der Waals surface area (Å²) in [7, 11) is 0. The number of benzene rings is 1. The predicted octanol–water partition coefficient (Wildman–Crippen LogP) is 2.44. The number of hydrogen-bond donors (Lipinski definition) is 1. The number of amides is 1. The Morgan fingerprint density at radius 1 is 1.13 bits per heavy atom. The molecule has 1 aliphatic heterocycles. The molecule has 4 rings (SSSR count). The van der Waals surface area contributed by atoms with Crippen molar-refractivity contribution in [2.75, 3.05) is 37.6 Å². The molecule has 1 amide bonds. The molecule has 7 nitrogen and oxygen atoms in total. The molecule has 0 spiro atoms. The van der Waals surface area contributed by atoms with Crippen LogP contribution >= 0.6 is 11.3 Å². The van der Waals surface area contributed by atoms with E-state index in [0.717, 1.165) is 54.8 Å². The molecule has 30 heavy (non-hydrogen) atoms. The molecular formula is C22H28N6OS. The Balaban J connectivity index is 1.27. The molecule has 0 atom stereocenters. The van der Waals surface area contributed by atoms with E-state index in [4.69, 9.17) is 0 Å². The van der Waals surface area contributed by atoms with E-state index >= 15 is 0 Å². The molecule has 0 saturated carbocycles. The first-order valence-corrected chi connectivity index (χ1v) is 11.2. The first-order chi connectivity index (χ1) is 14.6. The van der Waals surface area contributed by atoms with E-state index in [-0.39, 0.29) is 5.91 Å². The first kappa shape index (κ1) is 20.6. The smallest absolute Gasteiger partial charge is 0.234 e. The third-order valence-electron chi connectivity index (χ3n) is 5.60. The maximum atomic E-state index is 12.5. The summed E-state index contributed by atoms with van der Waals surface area (Å²) >= 11 is 1.66. The summed E-state index contributed by atoms with van der Waals surface area (Å²) in [5.41, 5.74) is 4.40. The maximum absolute atomic E-state index is 12.5. The van der Waals surface area contributed by atoms with Gasteiger partial charge in [0.25, 0.3) is 0 Å². The number of carbonyl (C=O) groups is 1. The Bertz CT molecular complexity index is 961. The molecule has 8 heteroatoms. The van der Waals surface area contributed by atoms with Crippen molar-refractivity contribution in [1.29, 1.82) is 0 Å². The van der Waals surface area contributed by atoms with Crippen LogP contribution in [0.25, 0.3) is 0 Å². The van der Waals surface area contributed by atoms with Gasteiger partial charge in [0.15, 0.2) is 5.13 Å². The minimum absolute atomic E-state index is 0.0623. The van der Waals surface area contributed by atoms with Crippen molar-refractivity contribution in [3.05, 3.63) is 64.4 Å². The summed E-state index contributed by atoms with van der Waals surface area (Å²) in [6.45, 7) is 9.34. The summed E-state index contributed by atoms with van der Waals surface area (Å²) < 4.78 is 2.02. The van der Waals surface area contributed by atoms with Crippen molar-refractivity contribution in [3.63, 3.8) is 0 Å². The van der Waals surface area contributed by atoms with Gasteiger partial charge in [-0.15, -0.1) is 11.3 Å². The highest BCUT2D eigenvalue weighted by atomic mass is 32.1. The third-order valence-corrected chi connectivity index (χ3v) is 6.43. The number of aryl methyl sites for hydroxylation is 1. The summed E-state index contributed by atoms with van der Waals surface area (Å²) in [5, 5.41) is 10.8. The molecule has 2 aromatic heterocycles. The fourth-order valence-corrected chi connectivity index (χ4v) is 4.51. The van der Waals surface area contributed by atoms with Crippen molar-refractivity contribution < 1.29 is 4.79 Å². The molecule has 1 aromatic carbocycles. The summed E-state index contributed by atoms with van der Waals surface area (Å²) in [6.07, 6.45) is 1.84. The SMILES string of the molecule is Cc1nn(Cc2ccccc2)c(C)c1CNC(=O)CN1CCN(c2nccs2)CC1. The van der Waals surface area contributed by atoms with E-state index in [1.807, 2.05) is 41.4 Å². The van der Waals surface area contributed by atoms with Gasteiger partial charge in [-0.3, -0.25) is 14.4 Å². The molecule has 1 fully saturated rings. The zero-order valence-electron chi connectivity index (χ0n) is 17.5. The van der Waals surface area contributed by atoms with E-state index in [2.05, 4.69) is 44.3 Å². The molecule has 158 valence electrons. The van der Waals surface area contributed by atoms with Crippen LogP contribution in [0.2, 0.25) is 0 Å². The Kier molecular flexibility index (Phi) is 6.44. The second kappa shape index (κ2) is 9.40. The lowest BCUT2D eigenvalue weighted by Crippen LogP contribution is -2.49. The van der Waals surface area contributed by atoms with Crippen molar-refractivity contribution in [2.24, 2.45) is 0 Å². The van der Waals surface area contributed by atoms with Crippen LogP contribution in [0.4, 0.5) is 5.13 Å². The molecule has 0 radical (unpaired) electrons. The molecule has 1 saturated heterocycles. The van der Waals surface area contributed by atoms with Gasteiger partial charge < -0.3 is 10.2 Å². The molecular weight excluding hydrogens is 396 g/mol. The summed E-state index contributed by atoms with van der Waals surface area (Å²) in [5.74, 6) is 0.0623. The molecule has 3 heterocycles. The van der Waals surface area contributed by atoms with Gasteiger partial charge in [0.2, 0.25) is 5.91 Å². The lowest BCUT2D eigenvalue weighted by atomic mass is 10.2. The number of rotatable bonds is 7. The molecule has 1 aliphatic rings. The monoisotopic (exact) mass is 424 g/mol. The standard InChI is InChI=1S/C22H28N6OS/c1-17-20(18(2)28(25-17)15-19-6-4-3-5-7-19)14-24-21(29)16-26-9-11-27(12-10-26)22-23-8-13-30-22/h3-8,13H,9-12,14-16H2,1-2H3,(H,24,29). The zero-order chi connectivity index (χ0) is 20.9. The number of nitrogens with zero attached hydrogens (tertiary/aromatic N) is 5. The van der Waals surface area contributed by atoms with Crippen LogP contribution in [-0.4, -0.2) is 58.3 Å². The largest absolute Gasteiger partial charge is 0.351 e. The normalized spacial score (nSPS) is 14.8. The van der Waals surface area contributed by atoms with E-state index in [1.54, 1.807) is 11.3 Å². The Morgan fingerprint density at radius 2 is 1.90 bits per heavy atom. The second-order valence-corrected chi connectivity index (χ2v) is 8.52. The highest BCUT2D eigenvalue weighted by Crippen LogP contribution is 2.19. The minimum atomic E-state index is 0.0623. The van der Waals surface area contributed by atoms with Crippen LogP contribution < -0.4 is 10.2 Å². The Morgan fingerprint density at radius 3 is 2.60 bits per heavy atom.